The van der Waals surface area contributed by atoms with Crippen LogP contribution in [-0.2, 0) is 23.9 Å². The van der Waals surface area contributed by atoms with E-state index in [9.17, 15) is 13.2 Å². The molecule has 1 rings (SSSR count). The number of ether oxygens (including phenoxy) is 1. The lowest BCUT2D eigenvalue weighted by Gasteiger charge is -2.10. The number of rotatable bonds is 6. The normalized spacial score (nSPS) is 11.5. The number of hydrogen-bond acceptors (Lipinski definition) is 4. The topological polar surface area (TPSA) is 63.7 Å². The lowest BCUT2D eigenvalue weighted by molar-refractivity contribution is -0.144. The van der Waals surface area contributed by atoms with E-state index in [-0.39, 0.29) is 12.2 Å². The second-order valence-electron chi connectivity index (χ2n) is 3.49. The van der Waals surface area contributed by atoms with Crippen LogP contribution in [0.1, 0.15) is 24.7 Å². The quantitative estimate of drug-likeness (QED) is 0.733. The van der Waals surface area contributed by atoms with Crippen LogP contribution in [0.2, 0.25) is 0 Å². The predicted molar refractivity (Wildman–Crippen MR) is 55.5 cm³/mol. The van der Waals surface area contributed by atoms with Gasteiger partial charge in [-0.1, -0.05) is 5.21 Å². The zero-order chi connectivity index (χ0) is 13.6. The monoisotopic (exact) mass is 262 g/mol. The summed E-state index contributed by atoms with van der Waals surface area (Å²) in [6.45, 7) is 2.75. The molecule has 0 saturated carbocycles. The fraction of sp³-hybridized carbons (Fsp3) is 0.700. The summed E-state index contributed by atoms with van der Waals surface area (Å²) < 4.78 is 44.2. The molecule has 0 atom stereocenters. The first-order valence-electron chi connectivity index (χ1n) is 5.45. The molecular formula is C10H13F3N4O. The van der Waals surface area contributed by atoms with Gasteiger partial charge in [-0.2, -0.15) is 18.4 Å². The number of aryl methyl sites for hydroxylation is 1. The van der Waals surface area contributed by atoms with E-state index in [0.29, 0.717) is 19.6 Å². The summed E-state index contributed by atoms with van der Waals surface area (Å²) in [5.41, 5.74) is -1.28. The number of nitrogens with zero attached hydrogens (tertiary/aromatic N) is 4. The van der Waals surface area contributed by atoms with Gasteiger partial charge in [-0.15, -0.1) is 5.10 Å². The molecule has 100 valence electrons. The first kappa shape index (κ1) is 14.4. The van der Waals surface area contributed by atoms with Crippen molar-refractivity contribution in [1.29, 1.82) is 5.26 Å². The summed E-state index contributed by atoms with van der Waals surface area (Å²) in [7, 11) is 0. The highest BCUT2D eigenvalue weighted by molar-refractivity contribution is 5.17. The third-order valence-corrected chi connectivity index (χ3v) is 2.18. The average Bonchev–Trinajstić information content (AvgIpc) is 2.68. The molecule has 0 saturated heterocycles. The number of aromatic nitrogens is 3. The zero-order valence-electron chi connectivity index (χ0n) is 9.87. The summed E-state index contributed by atoms with van der Waals surface area (Å²) in [5.74, 6) is 0. The van der Waals surface area contributed by atoms with Crippen LogP contribution in [0.4, 0.5) is 13.2 Å². The standard InChI is InChI=1S/C10H13F3N4O/c1-2-18-7-3-6-17-9(10(11,12)13)8(4-5-14)15-16-17/h2-4,6-7H2,1H3. The Bertz CT molecular complexity index is 422. The van der Waals surface area contributed by atoms with Crippen LogP contribution in [0.25, 0.3) is 0 Å². The maximum atomic E-state index is 12.8. The molecule has 18 heavy (non-hydrogen) atoms. The van der Waals surface area contributed by atoms with Crippen LogP contribution < -0.4 is 0 Å². The molecule has 0 unspecified atom stereocenters. The fourth-order valence-electron chi connectivity index (χ4n) is 1.47. The van der Waals surface area contributed by atoms with Gasteiger partial charge in [0.1, 0.15) is 5.69 Å². The Morgan fingerprint density at radius 2 is 2.17 bits per heavy atom. The van der Waals surface area contributed by atoms with Crippen LogP contribution in [0.3, 0.4) is 0 Å². The van der Waals surface area contributed by atoms with E-state index >= 15 is 0 Å². The molecule has 0 aromatic carbocycles. The summed E-state index contributed by atoms with van der Waals surface area (Å²) >= 11 is 0. The summed E-state index contributed by atoms with van der Waals surface area (Å²) in [4.78, 5) is 0. The number of nitriles is 1. The van der Waals surface area contributed by atoms with Crippen molar-refractivity contribution in [2.24, 2.45) is 0 Å². The SMILES string of the molecule is CCOCCCn1nnc(CC#N)c1C(F)(F)F. The second kappa shape index (κ2) is 6.35. The van der Waals surface area contributed by atoms with Gasteiger partial charge in [0.05, 0.1) is 12.5 Å². The number of hydrogen-bond donors (Lipinski definition) is 0. The summed E-state index contributed by atoms with van der Waals surface area (Å²) in [6.07, 6.45) is -4.55. The fourth-order valence-corrected chi connectivity index (χ4v) is 1.47. The molecule has 0 aliphatic carbocycles. The molecule has 0 radical (unpaired) electrons. The molecule has 0 fully saturated rings. The lowest BCUT2D eigenvalue weighted by atomic mass is 10.2. The van der Waals surface area contributed by atoms with Gasteiger partial charge in [-0.3, -0.25) is 0 Å². The minimum absolute atomic E-state index is 0.0628. The summed E-state index contributed by atoms with van der Waals surface area (Å²) in [6, 6.07) is 1.65. The predicted octanol–water partition coefficient (Wildman–Crippen LogP) is 1.79. The van der Waals surface area contributed by atoms with Crippen molar-refractivity contribution in [3.8, 4) is 6.07 Å². The van der Waals surface area contributed by atoms with E-state index in [0.717, 1.165) is 4.68 Å². The van der Waals surface area contributed by atoms with Crippen molar-refractivity contribution in [3.63, 3.8) is 0 Å². The minimum atomic E-state index is -4.55. The van der Waals surface area contributed by atoms with E-state index < -0.39 is 18.3 Å². The van der Waals surface area contributed by atoms with E-state index in [2.05, 4.69) is 10.3 Å². The first-order valence-corrected chi connectivity index (χ1v) is 5.45. The van der Waals surface area contributed by atoms with Gasteiger partial charge in [0.25, 0.3) is 0 Å². The van der Waals surface area contributed by atoms with E-state index in [1.807, 2.05) is 6.92 Å². The highest BCUT2D eigenvalue weighted by atomic mass is 19.4. The smallest absolute Gasteiger partial charge is 0.382 e. The van der Waals surface area contributed by atoms with Crippen LogP contribution >= 0.6 is 0 Å². The maximum Gasteiger partial charge on any atom is 0.434 e. The molecule has 0 bridgehead atoms. The van der Waals surface area contributed by atoms with Gasteiger partial charge in [0.15, 0.2) is 5.69 Å². The molecule has 8 heteroatoms. The van der Waals surface area contributed by atoms with Crippen molar-refractivity contribution in [2.75, 3.05) is 13.2 Å². The largest absolute Gasteiger partial charge is 0.434 e. The van der Waals surface area contributed by atoms with Crippen LogP contribution in [-0.4, -0.2) is 28.2 Å². The molecule has 1 heterocycles. The van der Waals surface area contributed by atoms with Crippen LogP contribution in [0.5, 0.6) is 0 Å². The molecular weight excluding hydrogens is 249 g/mol. The lowest BCUT2D eigenvalue weighted by Crippen LogP contribution is -2.17. The molecule has 5 nitrogen and oxygen atoms in total. The second-order valence-corrected chi connectivity index (χ2v) is 3.49. The highest BCUT2D eigenvalue weighted by Gasteiger charge is 2.38. The summed E-state index contributed by atoms with van der Waals surface area (Å²) in [5, 5.41) is 15.3. The van der Waals surface area contributed by atoms with Crippen molar-refractivity contribution in [2.45, 2.75) is 32.5 Å². The first-order chi connectivity index (χ1) is 8.50. The Morgan fingerprint density at radius 1 is 1.44 bits per heavy atom. The van der Waals surface area contributed by atoms with Crippen LogP contribution in [0, 0.1) is 11.3 Å². The van der Waals surface area contributed by atoms with Gasteiger partial charge in [-0.05, 0) is 13.3 Å². The third kappa shape index (κ3) is 3.70. The van der Waals surface area contributed by atoms with E-state index in [4.69, 9.17) is 10.00 Å². The molecule has 0 aliphatic rings. The van der Waals surface area contributed by atoms with Crippen LogP contribution in [0.15, 0.2) is 0 Å². The Balaban J connectivity index is 2.82. The zero-order valence-corrected chi connectivity index (χ0v) is 9.87. The minimum Gasteiger partial charge on any atom is -0.382 e. The van der Waals surface area contributed by atoms with Crippen molar-refractivity contribution in [1.82, 2.24) is 15.0 Å². The van der Waals surface area contributed by atoms with E-state index in [1.54, 1.807) is 6.07 Å². The Kier molecular flexibility index (Phi) is 5.09. The van der Waals surface area contributed by atoms with Crippen molar-refractivity contribution in [3.05, 3.63) is 11.4 Å². The van der Waals surface area contributed by atoms with Crippen molar-refractivity contribution >= 4 is 0 Å². The van der Waals surface area contributed by atoms with E-state index in [1.165, 1.54) is 0 Å². The van der Waals surface area contributed by atoms with Gasteiger partial charge in [0, 0.05) is 19.8 Å². The maximum absolute atomic E-state index is 12.8. The highest BCUT2D eigenvalue weighted by Crippen LogP contribution is 2.31. The molecule has 0 N–H and O–H groups in total. The van der Waals surface area contributed by atoms with Gasteiger partial charge in [0.2, 0.25) is 0 Å². The van der Waals surface area contributed by atoms with Gasteiger partial charge < -0.3 is 4.74 Å². The Labute approximate surface area is 102 Å². The molecule has 0 amide bonds. The Hall–Kier alpha value is -1.62. The Morgan fingerprint density at radius 3 is 2.72 bits per heavy atom. The molecule has 0 aliphatic heterocycles. The van der Waals surface area contributed by atoms with Gasteiger partial charge >= 0.3 is 6.18 Å². The number of halogens is 3. The third-order valence-electron chi connectivity index (χ3n) is 2.18. The number of alkyl halides is 3. The average molecular weight is 262 g/mol. The molecule has 1 aromatic rings. The van der Waals surface area contributed by atoms with Crippen molar-refractivity contribution < 1.29 is 17.9 Å². The molecule has 0 spiro atoms. The molecule has 1 aromatic heterocycles. The van der Waals surface area contributed by atoms with Gasteiger partial charge in [-0.25, -0.2) is 4.68 Å².